The van der Waals surface area contributed by atoms with Crippen molar-refractivity contribution in [2.24, 2.45) is 5.92 Å². The molecule has 2 fully saturated rings. The molecular formula is C7H15Cl2N. The van der Waals surface area contributed by atoms with Crippen molar-refractivity contribution in [2.45, 2.75) is 31.7 Å². The predicted octanol–water partition coefficient (Wildman–Crippen LogP) is 1.99. The van der Waals surface area contributed by atoms with Crippen molar-refractivity contribution in [3.8, 4) is 0 Å². The van der Waals surface area contributed by atoms with Gasteiger partial charge in [0.05, 0.1) is 0 Å². The molecule has 2 aliphatic rings. The Morgan fingerprint density at radius 1 is 1.00 bits per heavy atom. The van der Waals surface area contributed by atoms with Crippen molar-refractivity contribution in [3.63, 3.8) is 0 Å². The summed E-state index contributed by atoms with van der Waals surface area (Å²) in [6, 6.07) is 0.911. The molecule has 2 bridgehead atoms. The van der Waals surface area contributed by atoms with Crippen molar-refractivity contribution in [1.82, 2.24) is 5.32 Å². The van der Waals surface area contributed by atoms with E-state index in [1.807, 2.05) is 0 Å². The number of rotatable bonds is 0. The number of hydrogen-bond acceptors (Lipinski definition) is 1. The van der Waals surface area contributed by atoms with Crippen LogP contribution in [-0.4, -0.2) is 12.6 Å². The summed E-state index contributed by atoms with van der Waals surface area (Å²) in [5.74, 6) is 1.10. The van der Waals surface area contributed by atoms with Gasteiger partial charge in [-0.15, -0.1) is 24.8 Å². The topological polar surface area (TPSA) is 12.0 Å². The van der Waals surface area contributed by atoms with Gasteiger partial charge in [0.15, 0.2) is 0 Å². The molecule has 0 aromatic carbocycles. The minimum Gasteiger partial charge on any atom is -0.314 e. The summed E-state index contributed by atoms with van der Waals surface area (Å²) >= 11 is 0. The summed E-state index contributed by atoms with van der Waals surface area (Å²) < 4.78 is 0. The SMILES string of the molecule is C1CC2CCC(C2)N1.Cl.Cl. The lowest BCUT2D eigenvalue weighted by Gasteiger charge is -2.19. The lowest BCUT2D eigenvalue weighted by Crippen LogP contribution is -2.31. The van der Waals surface area contributed by atoms with Gasteiger partial charge < -0.3 is 5.32 Å². The number of halogens is 2. The summed E-state index contributed by atoms with van der Waals surface area (Å²) in [6.07, 6.45) is 5.86. The molecule has 0 amide bonds. The Morgan fingerprint density at radius 2 is 1.80 bits per heavy atom. The van der Waals surface area contributed by atoms with Gasteiger partial charge in [0.25, 0.3) is 0 Å². The van der Waals surface area contributed by atoms with Crippen LogP contribution in [-0.2, 0) is 0 Å². The van der Waals surface area contributed by atoms with Crippen molar-refractivity contribution < 1.29 is 0 Å². The molecule has 3 heteroatoms. The van der Waals surface area contributed by atoms with E-state index in [1.54, 1.807) is 0 Å². The Balaban J connectivity index is 0.000000405. The second-order valence-corrected chi connectivity index (χ2v) is 3.12. The van der Waals surface area contributed by atoms with E-state index in [1.165, 1.54) is 32.2 Å². The van der Waals surface area contributed by atoms with Crippen LogP contribution in [0, 0.1) is 5.92 Å². The highest BCUT2D eigenvalue weighted by molar-refractivity contribution is 5.85. The average molecular weight is 184 g/mol. The average Bonchev–Trinajstić information content (AvgIpc) is 2.12. The smallest absolute Gasteiger partial charge is 0.00698 e. The minimum atomic E-state index is 0. The molecule has 2 rings (SSSR count). The molecule has 1 N–H and O–H groups in total. The van der Waals surface area contributed by atoms with Gasteiger partial charge >= 0.3 is 0 Å². The van der Waals surface area contributed by atoms with Gasteiger partial charge in [-0.1, -0.05) is 0 Å². The van der Waals surface area contributed by atoms with Gasteiger partial charge in [-0.2, -0.15) is 0 Å². The molecule has 2 unspecified atom stereocenters. The largest absolute Gasteiger partial charge is 0.314 e. The van der Waals surface area contributed by atoms with Crippen LogP contribution in [0.25, 0.3) is 0 Å². The number of nitrogens with one attached hydrogen (secondary N) is 1. The second-order valence-electron chi connectivity index (χ2n) is 3.12. The zero-order chi connectivity index (χ0) is 5.40. The van der Waals surface area contributed by atoms with Crippen LogP contribution in [0.2, 0.25) is 0 Å². The third-order valence-electron chi connectivity index (χ3n) is 2.53. The van der Waals surface area contributed by atoms with Crippen molar-refractivity contribution in [3.05, 3.63) is 0 Å². The Kier molecular flexibility index (Phi) is 4.66. The molecular weight excluding hydrogens is 169 g/mol. The summed E-state index contributed by atoms with van der Waals surface area (Å²) in [4.78, 5) is 0. The number of hydrogen-bond donors (Lipinski definition) is 1. The maximum absolute atomic E-state index is 3.51. The number of fused-ring (bicyclic) bond motifs is 2. The van der Waals surface area contributed by atoms with Gasteiger partial charge in [-0.3, -0.25) is 0 Å². The molecule has 2 atom stereocenters. The van der Waals surface area contributed by atoms with E-state index in [4.69, 9.17) is 0 Å². The third-order valence-corrected chi connectivity index (χ3v) is 2.53. The van der Waals surface area contributed by atoms with Crippen molar-refractivity contribution in [2.75, 3.05) is 6.54 Å². The predicted molar refractivity (Wildman–Crippen MR) is 48.2 cm³/mol. The summed E-state index contributed by atoms with van der Waals surface area (Å²) in [5, 5.41) is 3.51. The normalized spacial score (nSPS) is 36.0. The molecule has 0 spiro atoms. The molecule has 1 nitrogen and oxygen atoms in total. The van der Waals surface area contributed by atoms with Gasteiger partial charge in [0.2, 0.25) is 0 Å². The molecule has 0 aromatic heterocycles. The number of piperidine rings is 1. The summed E-state index contributed by atoms with van der Waals surface area (Å²) in [7, 11) is 0. The van der Waals surface area contributed by atoms with Crippen LogP contribution in [0.4, 0.5) is 0 Å². The van der Waals surface area contributed by atoms with E-state index >= 15 is 0 Å². The zero-order valence-corrected chi connectivity index (χ0v) is 7.64. The van der Waals surface area contributed by atoms with Crippen LogP contribution in [0.1, 0.15) is 25.7 Å². The molecule has 62 valence electrons. The molecule has 1 aliphatic carbocycles. The Labute approximate surface area is 74.8 Å². The lowest BCUT2D eigenvalue weighted by molar-refractivity contribution is 0.391. The van der Waals surface area contributed by atoms with E-state index in [0.717, 1.165) is 12.0 Å². The first kappa shape index (κ1) is 10.5. The fourth-order valence-corrected chi connectivity index (χ4v) is 2.01. The van der Waals surface area contributed by atoms with Crippen LogP contribution in [0.5, 0.6) is 0 Å². The molecule has 10 heavy (non-hydrogen) atoms. The molecule has 1 heterocycles. The molecule has 1 saturated heterocycles. The fraction of sp³-hybridized carbons (Fsp3) is 1.00. The highest BCUT2D eigenvalue weighted by Gasteiger charge is 2.27. The molecule has 1 aliphatic heterocycles. The summed E-state index contributed by atoms with van der Waals surface area (Å²) in [5.41, 5.74) is 0. The van der Waals surface area contributed by atoms with E-state index in [9.17, 15) is 0 Å². The lowest BCUT2D eigenvalue weighted by atomic mass is 10.0. The third kappa shape index (κ3) is 2.01. The highest BCUT2D eigenvalue weighted by atomic mass is 35.5. The van der Waals surface area contributed by atoms with Crippen LogP contribution < -0.4 is 5.32 Å². The molecule has 0 radical (unpaired) electrons. The van der Waals surface area contributed by atoms with Crippen molar-refractivity contribution >= 4 is 24.8 Å². The Morgan fingerprint density at radius 3 is 2.40 bits per heavy atom. The van der Waals surface area contributed by atoms with Gasteiger partial charge in [-0.05, 0) is 38.1 Å². The van der Waals surface area contributed by atoms with Crippen LogP contribution in [0.3, 0.4) is 0 Å². The Hall–Kier alpha value is 0.540. The molecule has 1 saturated carbocycles. The monoisotopic (exact) mass is 183 g/mol. The quantitative estimate of drug-likeness (QED) is 0.607. The van der Waals surface area contributed by atoms with E-state index in [-0.39, 0.29) is 24.8 Å². The van der Waals surface area contributed by atoms with Crippen LogP contribution in [0.15, 0.2) is 0 Å². The van der Waals surface area contributed by atoms with Crippen molar-refractivity contribution in [1.29, 1.82) is 0 Å². The highest BCUT2D eigenvalue weighted by Crippen LogP contribution is 2.30. The minimum absolute atomic E-state index is 0. The standard InChI is InChI=1S/C7H13N.2ClH/c1-2-7-5-6(1)3-4-8-7;;/h6-8H,1-5H2;2*1H. The van der Waals surface area contributed by atoms with E-state index in [0.29, 0.717) is 0 Å². The first-order valence-corrected chi connectivity index (χ1v) is 3.68. The zero-order valence-electron chi connectivity index (χ0n) is 6.01. The van der Waals surface area contributed by atoms with Gasteiger partial charge in [0.1, 0.15) is 0 Å². The summed E-state index contributed by atoms with van der Waals surface area (Å²) in [6.45, 7) is 1.29. The maximum Gasteiger partial charge on any atom is 0.00698 e. The van der Waals surface area contributed by atoms with E-state index < -0.39 is 0 Å². The first-order chi connectivity index (χ1) is 3.95. The first-order valence-electron chi connectivity index (χ1n) is 3.68. The van der Waals surface area contributed by atoms with Gasteiger partial charge in [-0.25, -0.2) is 0 Å². The van der Waals surface area contributed by atoms with E-state index in [2.05, 4.69) is 5.32 Å². The van der Waals surface area contributed by atoms with Crippen LogP contribution >= 0.6 is 24.8 Å². The molecule has 0 aromatic rings. The van der Waals surface area contributed by atoms with Gasteiger partial charge in [0, 0.05) is 6.04 Å². The maximum atomic E-state index is 3.51. The second kappa shape index (κ2) is 4.42. The fourth-order valence-electron chi connectivity index (χ4n) is 2.01. The Bertz CT molecular complexity index is 83.6.